The summed E-state index contributed by atoms with van der Waals surface area (Å²) in [5.41, 5.74) is 2.07. The largest absolute Gasteiger partial charge is 0.454 e. The average molecular weight is 341 g/mol. The molecule has 1 N–H and O–H groups in total. The highest BCUT2D eigenvalue weighted by molar-refractivity contribution is 5.47. The van der Waals surface area contributed by atoms with Gasteiger partial charge in [-0.15, -0.1) is 0 Å². The van der Waals surface area contributed by atoms with E-state index in [4.69, 9.17) is 9.47 Å². The molecule has 0 amide bonds. The highest BCUT2D eigenvalue weighted by Crippen LogP contribution is 2.38. The summed E-state index contributed by atoms with van der Waals surface area (Å²) in [5.74, 6) is 3.40. The maximum atomic E-state index is 10.7. The van der Waals surface area contributed by atoms with Gasteiger partial charge < -0.3 is 19.5 Å². The van der Waals surface area contributed by atoms with E-state index >= 15 is 0 Å². The van der Waals surface area contributed by atoms with E-state index in [0.717, 1.165) is 53.8 Å². The number of aliphatic hydroxyl groups is 1. The van der Waals surface area contributed by atoms with Crippen LogP contribution in [0.15, 0.2) is 24.3 Å². The standard InChI is InChI=1S/C19H23N3O3/c1-3-18-20-12(2)8-19(21-18)22-7-6-14(15(23)10-22)13-4-5-16-17(9-13)25-11-24-16/h4-5,8-9,14-15,23H,3,6-7,10-11H2,1-2H3/t14-,15+/m0/s1. The van der Waals surface area contributed by atoms with E-state index in [1.807, 2.05) is 31.2 Å². The van der Waals surface area contributed by atoms with Crippen LogP contribution in [0.4, 0.5) is 5.82 Å². The fraction of sp³-hybridized carbons (Fsp3) is 0.474. The summed E-state index contributed by atoms with van der Waals surface area (Å²) < 4.78 is 10.8. The molecule has 0 spiro atoms. The third-order valence-electron chi connectivity index (χ3n) is 4.93. The van der Waals surface area contributed by atoms with Crippen LogP contribution in [0.2, 0.25) is 0 Å². The van der Waals surface area contributed by atoms with Crippen molar-refractivity contribution in [2.75, 3.05) is 24.8 Å². The molecule has 6 nitrogen and oxygen atoms in total. The van der Waals surface area contributed by atoms with Crippen molar-refractivity contribution in [2.24, 2.45) is 0 Å². The van der Waals surface area contributed by atoms with Gasteiger partial charge in [-0.2, -0.15) is 0 Å². The number of ether oxygens (including phenoxy) is 2. The third-order valence-corrected chi connectivity index (χ3v) is 4.93. The van der Waals surface area contributed by atoms with Gasteiger partial charge in [0.05, 0.1) is 6.10 Å². The molecule has 1 aromatic carbocycles. The van der Waals surface area contributed by atoms with Crippen molar-refractivity contribution in [1.82, 2.24) is 9.97 Å². The Bertz CT molecular complexity index is 781. The molecule has 3 heterocycles. The number of hydrogen-bond donors (Lipinski definition) is 1. The van der Waals surface area contributed by atoms with Crippen LogP contribution in [0.5, 0.6) is 11.5 Å². The Morgan fingerprint density at radius 3 is 2.84 bits per heavy atom. The third kappa shape index (κ3) is 3.14. The smallest absolute Gasteiger partial charge is 0.231 e. The molecule has 0 saturated carbocycles. The average Bonchev–Trinajstić information content (AvgIpc) is 3.08. The molecule has 4 rings (SSSR count). The first kappa shape index (κ1) is 16.1. The molecule has 132 valence electrons. The zero-order valence-corrected chi connectivity index (χ0v) is 14.6. The second kappa shape index (κ2) is 6.52. The molecule has 1 aromatic heterocycles. The van der Waals surface area contributed by atoms with Crippen LogP contribution < -0.4 is 14.4 Å². The maximum Gasteiger partial charge on any atom is 0.231 e. The molecule has 2 aromatic rings. The number of nitrogens with zero attached hydrogens (tertiary/aromatic N) is 3. The van der Waals surface area contributed by atoms with E-state index in [2.05, 4.69) is 21.8 Å². The maximum absolute atomic E-state index is 10.7. The summed E-state index contributed by atoms with van der Waals surface area (Å²) >= 11 is 0. The zero-order chi connectivity index (χ0) is 17.4. The van der Waals surface area contributed by atoms with Crippen LogP contribution >= 0.6 is 0 Å². The molecule has 6 heteroatoms. The van der Waals surface area contributed by atoms with Gasteiger partial charge in [0, 0.05) is 37.2 Å². The van der Waals surface area contributed by atoms with Gasteiger partial charge in [-0.1, -0.05) is 13.0 Å². The lowest BCUT2D eigenvalue weighted by atomic mass is 9.87. The number of aromatic nitrogens is 2. The van der Waals surface area contributed by atoms with Crippen molar-refractivity contribution in [2.45, 2.75) is 38.7 Å². The van der Waals surface area contributed by atoms with E-state index in [-0.39, 0.29) is 12.7 Å². The summed E-state index contributed by atoms with van der Waals surface area (Å²) in [6.07, 6.45) is 1.23. The Morgan fingerprint density at radius 1 is 1.20 bits per heavy atom. The predicted molar refractivity (Wildman–Crippen MR) is 94.3 cm³/mol. The van der Waals surface area contributed by atoms with Gasteiger partial charge in [0.2, 0.25) is 6.79 Å². The monoisotopic (exact) mass is 341 g/mol. The Morgan fingerprint density at radius 2 is 2.04 bits per heavy atom. The minimum Gasteiger partial charge on any atom is -0.454 e. The van der Waals surface area contributed by atoms with Crippen molar-refractivity contribution < 1.29 is 14.6 Å². The first-order valence-corrected chi connectivity index (χ1v) is 8.81. The summed E-state index contributed by atoms with van der Waals surface area (Å²) in [7, 11) is 0. The summed E-state index contributed by atoms with van der Waals surface area (Å²) in [5, 5.41) is 10.7. The second-order valence-corrected chi connectivity index (χ2v) is 6.66. The molecule has 1 fully saturated rings. The summed E-state index contributed by atoms with van der Waals surface area (Å²) in [4.78, 5) is 11.2. The quantitative estimate of drug-likeness (QED) is 0.925. The fourth-order valence-corrected chi connectivity index (χ4v) is 3.60. The summed E-state index contributed by atoms with van der Waals surface area (Å²) in [6, 6.07) is 7.95. The molecule has 25 heavy (non-hydrogen) atoms. The molecular formula is C19H23N3O3. The molecule has 2 aliphatic rings. The van der Waals surface area contributed by atoms with Gasteiger partial charge in [-0.3, -0.25) is 0 Å². The van der Waals surface area contributed by atoms with Crippen LogP contribution in [0.1, 0.15) is 36.3 Å². The number of benzene rings is 1. The van der Waals surface area contributed by atoms with Crippen LogP contribution in [0.25, 0.3) is 0 Å². The van der Waals surface area contributed by atoms with Crippen molar-refractivity contribution in [3.63, 3.8) is 0 Å². The molecule has 0 bridgehead atoms. The number of aryl methyl sites for hydroxylation is 2. The Hall–Kier alpha value is -2.34. The number of piperidine rings is 1. The zero-order valence-electron chi connectivity index (χ0n) is 14.6. The normalized spacial score (nSPS) is 22.3. The lowest BCUT2D eigenvalue weighted by molar-refractivity contribution is 0.129. The molecule has 2 atom stereocenters. The fourth-order valence-electron chi connectivity index (χ4n) is 3.60. The van der Waals surface area contributed by atoms with Crippen LogP contribution in [-0.4, -0.2) is 41.1 Å². The van der Waals surface area contributed by atoms with E-state index in [9.17, 15) is 5.11 Å². The number of β-amino-alcohol motifs (C(OH)–C–C–N with tert-alkyl or cyclic N) is 1. The second-order valence-electron chi connectivity index (χ2n) is 6.66. The highest BCUT2D eigenvalue weighted by Gasteiger charge is 2.31. The Kier molecular flexibility index (Phi) is 4.21. The first-order valence-electron chi connectivity index (χ1n) is 8.81. The number of hydrogen-bond acceptors (Lipinski definition) is 6. The Balaban J connectivity index is 1.51. The van der Waals surface area contributed by atoms with Crippen molar-refractivity contribution in [1.29, 1.82) is 0 Å². The van der Waals surface area contributed by atoms with Gasteiger partial charge >= 0.3 is 0 Å². The molecule has 2 aliphatic heterocycles. The van der Waals surface area contributed by atoms with Crippen LogP contribution in [0.3, 0.4) is 0 Å². The van der Waals surface area contributed by atoms with Gasteiger partial charge in [-0.05, 0) is 31.0 Å². The summed E-state index contributed by atoms with van der Waals surface area (Å²) in [6.45, 7) is 5.74. The SMILES string of the molecule is CCc1nc(C)cc(N2CC[C@@H](c3ccc4c(c3)OCO4)[C@H](O)C2)n1. The van der Waals surface area contributed by atoms with Crippen LogP contribution in [-0.2, 0) is 6.42 Å². The molecule has 1 saturated heterocycles. The number of rotatable bonds is 3. The van der Waals surface area contributed by atoms with Gasteiger partial charge in [0.1, 0.15) is 11.6 Å². The Labute approximate surface area is 147 Å². The van der Waals surface area contributed by atoms with Gasteiger partial charge in [-0.25, -0.2) is 9.97 Å². The lowest BCUT2D eigenvalue weighted by Crippen LogP contribution is -2.43. The minimum absolute atomic E-state index is 0.0966. The highest BCUT2D eigenvalue weighted by atomic mass is 16.7. The topological polar surface area (TPSA) is 67.7 Å². The van der Waals surface area contributed by atoms with Crippen LogP contribution in [0, 0.1) is 6.92 Å². The molecular weight excluding hydrogens is 318 g/mol. The minimum atomic E-state index is -0.450. The van der Waals surface area contributed by atoms with Gasteiger partial charge in [0.15, 0.2) is 11.5 Å². The van der Waals surface area contributed by atoms with E-state index in [1.165, 1.54) is 0 Å². The predicted octanol–water partition coefficient (Wildman–Crippen LogP) is 2.43. The van der Waals surface area contributed by atoms with Crippen molar-refractivity contribution in [3.8, 4) is 11.5 Å². The van der Waals surface area contributed by atoms with E-state index < -0.39 is 6.10 Å². The van der Waals surface area contributed by atoms with Crippen molar-refractivity contribution >= 4 is 5.82 Å². The van der Waals surface area contributed by atoms with Gasteiger partial charge in [0.25, 0.3) is 0 Å². The van der Waals surface area contributed by atoms with E-state index in [1.54, 1.807) is 0 Å². The van der Waals surface area contributed by atoms with E-state index in [0.29, 0.717) is 6.54 Å². The first-order chi connectivity index (χ1) is 12.1. The molecule has 0 aliphatic carbocycles. The number of fused-ring (bicyclic) bond motifs is 1. The number of anilines is 1. The molecule has 0 unspecified atom stereocenters. The molecule has 0 radical (unpaired) electrons. The lowest BCUT2D eigenvalue weighted by Gasteiger charge is -2.37. The van der Waals surface area contributed by atoms with Crippen molar-refractivity contribution in [3.05, 3.63) is 41.3 Å². The number of aliphatic hydroxyl groups excluding tert-OH is 1.